The van der Waals surface area contributed by atoms with Crippen LogP contribution < -0.4 is 11.1 Å². The predicted octanol–water partition coefficient (Wildman–Crippen LogP) is 1.98. The Labute approximate surface area is 256 Å². The Hall–Kier alpha value is -3.64. The number of ether oxygens (including phenoxy) is 4. The van der Waals surface area contributed by atoms with Crippen LogP contribution in [0.3, 0.4) is 0 Å². The predicted molar refractivity (Wildman–Crippen MR) is 156 cm³/mol. The van der Waals surface area contributed by atoms with E-state index in [2.05, 4.69) is 15.4 Å². The van der Waals surface area contributed by atoms with E-state index in [-0.39, 0.29) is 30.5 Å². The second-order valence-electron chi connectivity index (χ2n) is 13.0. The Kier molecular flexibility index (Phi) is 9.65. The number of amides is 1. The molecule has 0 unspecified atom stereocenters. The van der Waals surface area contributed by atoms with Crippen LogP contribution in [0.1, 0.15) is 72.4 Å². The molecule has 1 saturated heterocycles. The molecule has 2 fully saturated rings. The van der Waals surface area contributed by atoms with Crippen LogP contribution in [0, 0.1) is 22.7 Å². The van der Waals surface area contributed by atoms with E-state index in [9.17, 15) is 24.8 Å². The lowest BCUT2D eigenvalue weighted by atomic mass is 9.87. The number of carbonyl (C=O) groups is 3. The third-order valence-electron chi connectivity index (χ3n) is 8.50. The SMILES string of the molecule is COC(C)(C)C(=O)Nc1ncnn2c([C@]3(C#N)O[C@H](COC(=O)CC4CCCC4)[C@@H](OC(=O)[C@@H](N)C(C)(C)C)[C@H]3O)ccc12. The minimum absolute atomic E-state index is 0.0763. The number of hydrogen-bond donors (Lipinski definition) is 3. The summed E-state index contributed by atoms with van der Waals surface area (Å²) in [4.78, 5) is 42.7. The van der Waals surface area contributed by atoms with E-state index in [1.807, 2.05) is 6.07 Å². The maximum Gasteiger partial charge on any atom is 0.323 e. The quantitative estimate of drug-likeness (QED) is 0.329. The second kappa shape index (κ2) is 12.8. The Morgan fingerprint density at radius 2 is 1.93 bits per heavy atom. The summed E-state index contributed by atoms with van der Waals surface area (Å²) in [6.07, 6.45) is 1.09. The number of aromatic nitrogens is 3. The Morgan fingerprint density at radius 3 is 2.55 bits per heavy atom. The third-order valence-corrected chi connectivity index (χ3v) is 8.50. The standard InChI is InChI=1S/C30H42N6O8/c1-28(2,3)23(32)26(39)43-22-19(14-42-21(37)13-17-9-7-8-10-17)44-30(15-31,24(22)38)20-12-11-18-25(33-16-34-36(18)20)35-27(40)29(4,5)41-6/h11-12,16-17,19,22-24,38H,7-10,13-14,32H2,1-6H3,(H,33,34,35,40)/t19-,22-,23-,24-,30+/m1/s1. The molecule has 2 aliphatic rings. The van der Waals surface area contributed by atoms with Gasteiger partial charge in [-0.1, -0.05) is 33.6 Å². The van der Waals surface area contributed by atoms with Gasteiger partial charge in [0.25, 0.3) is 5.91 Å². The average Bonchev–Trinajstić information content (AvgIpc) is 3.71. The number of aliphatic hydroxyl groups excluding tert-OH is 1. The number of rotatable bonds is 10. The summed E-state index contributed by atoms with van der Waals surface area (Å²) in [7, 11) is 1.40. The Morgan fingerprint density at radius 1 is 1.25 bits per heavy atom. The van der Waals surface area contributed by atoms with E-state index in [1.54, 1.807) is 40.7 Å². The molecule has 2 aromatic heterocycles. The largest absolute Gasteiger partial charge is 0.463 e. The molecule has 1 aliphatic heterocycles. The number of nitrogens with zero attached hydrogens (tertiary/aromatic N) is 4. The Balaban J connectivity index is 1.66. The van der Waals surface area contributed by atoms with Crippen LogP contribution in [-0.2, 0) is 38.9 Å². The van der Waals surface area contributed by atoms with Gasteiger partial charge in [0.15, 0.2) is 11.9 Å². The van der Waals surface area contributed by atoms with Crippen LogP contribution in [0.25, 0.3) is 5.52 Å². The van der Waals surface area contributed by atoms with E-state index >= 15 is 0 Å². The first-order valence-electron chi connectivity index (χ1n) is 14.7. The molecule has 14 heteroatoms. The van der Waals surface area contributed by atoms with Crippen molar-refractivity contribution in [2.45, 2.75) is 102 Å². The van der Waals surface area contributed by atoms with Crippen molar-refractivity contribution < 1.29 is 38.4 Å². The summed E-state index contributed by atoms with van der Waals surface area (Å²) in [5.41, 5.74) is 2.56. The highest BCUT2D eigenvalue weighted by atomic mass is 16.6. The smallest absolute Gasteiger partial charge is 0.323 e. The number of anilines is 1. The number of aliphatic hydroxyl groups is 1. The zero-order chi connectivity index (χ0) is 32.4. The van der Waals surface area contributed by atoms with Gasteiger partial charge in [0.05, 0.1) is 5.69 Å². The highest BCUT2D eigenvalue weighted by molar-refractivity contribution is 5.98. The topological polar surface area (TPSA) is 200 Å². The molecule has 0 bridgehead atoms. The molecule has 14 nitrogen and oxygen atoms in total. The summed E-state index contributed by atoms with van der Waals surface area (Å²) in [5, 5.41) is 29.1. The maximum atomic E-state index is 13.1. The monoisotopic (exact) mass is 614 g/mol. The molecule has 5 atom stereocenters. The molecule has 240 valence electrons. The van der Waals surface area contributed by atoms with E-state index in [4.69, 9.17) is 24.7 Å². The molecule has 1 amide bonds. The van der Waals surface area contributed by atoms with E-state index in [0.717, 1.165) is 25.7 Å². The van der Waals surface area contributed by atoms with Crippen molar-refractivity contribution in [3.8, 4) is 6.07 Å². The summed E-state index contributed by atoms with van der Waals surface area (Å²) in [6.45, 7) is 8.09. The molecule has 1 saturated carbocycles. The number of nitrogens with two attached hydrogens (primary N) is 1. The highest BCUT2D eigenvalue weighted by Crippen LogP contribution is 2.42. The zero-order valence-corrected chi connectivity index (χ0v) is 26.0. The number of hydrogen-bond acceptors (Lipinski definition) is 12. The molecule has 1 aliphatic carbocycles. The third kappa shape index (κ3) is 6.56. The lowest BCUT2D eigenvalue weighted by Gasteiger charge is -2.29. The van der Waals surface area contributed by atoms with Crippen LogP contribution in [0.15, 0.2) is 18.5 Å². The second-order valence-corrected chi connectivity index (χ2v) is 13.0. The van der Waals surface area contributed by atoms with Crippen molar-refractivity contribution in [3.05, 3.63) is 24.2 Å². The molecular weight excluding hydrogens is 572 g/mol. The summed E-state index contributed by atoms with van der Waals surface area (Å²) in [5.74, 6) is -1.36. The van der Waals surface area contributed by atoms with Gasteiger partial charge < -0.3 is 35.1 Å². The molecule has 3 heterocycles. The Bertz CT molecular complexity index is 1420. The van der Waals surface area contributed by atoms with Gasteiger partial charge >= 0.3 is 11.9 Å². The van der Waals surface area contributed by atoms with E-state index < -0.39 is 58.8 Å². The number of nitrogens with one attached hydrogen (secondary N) is 1. The maximum absolute atomic E-state index is 13.1. The summed E-state index contributed by atoms with van der Waals surface area (Å²) >= 11 is 0. The number of nitriles is 1. The van der Waals surface area contributed by atoms with Crippen molar-refractivity contribution in [2.24, 2.45) is 17.1 Å². The number of carbonyl (C=O) groups excluding carboxylic acids is 3. The lowest BCUT2D eigenvalue weighted by Crippen LogP contribution is -2.49. The van der Waals surface area contributed by atoms with Gasteiger partial charge in [-0.2, -0.15) is 10.4 Å². The molecular formula is C30H42N6O8. The van der Waals surface area contributed by atoms with Crippen LogP contribution in [0.5, 0.6) is 0 Å². The van der Waals surface area contributed by atoms with Crippen LogP contribution >= 0.6 is 0 Å². The van der Waals surface area contributed by atoms with Crippen LogP contribution in [0.2, 0.25) is 0 Å². The fraction of sp³-hybridized carbons (Fsp3) is 0.667. The molecule has 0 radical (unpaired) electrons. The number of methoxy groups -OCH3 is 1. The summed E-state index contributed by atoms with van der Waals surface area (Å²) in [6, 6.07) is 4.01. The minimum atomic E-state index is -2.12. The van der Waals surface area contributed by atoms with Gasteiger partial charge in [0.1, 0.15) is 48.4 Å². The fourth-order valence-electron chi connectivity index (χ4n) is 5.35. The molecule has 0 spiro atoms. The molecule has 44 heavy (non-hydrogen) atoms. The average molecular weight is 615 g/mol. The minimum Gasteiger partial charge on any atom is -0.463 e. The first-order chi connectivity index (χ1) is 20.6. The van der Waals surface area contributed by atoms with Crippen LogP contribution in [-0.4, -0.2) is 81.2 Å². The van der Waals surface area contributed by atoms with Crippen molar-refractivity contribution in [1.29, 1.82) is 5.26 Å². The number of fused-ring (bicyclic) bond motifs is 1. The van der Waals surface area contributed by atoms with Crippen molar-refractivity contribution >= 4 is 29.2 Å². The van der Waals surface area contributed by atoms with Crippen LogP contribution in [0.4, 0.5) is 5.82 Å². The fourth-order valence-corrected chi connectivity index (χ4v) is 5.35. The van der Waals surface area contributed by atoms with Gasteiger partial charge in [0, 0.05) is 13.5 Å². The molecule has 4 rings (SSSR count). The highest BCUT2D eigenvalue weighted by Gasteiger charge is 2.60. The van der Waals surface area contributed by atoms with Crippen molar-refractivity contribution in [3.63, 3.8) is 0 Å². The zero-order valence-electron chi connectivity index (χ0n) is 26.0. The first-order valence-corrected chi connectivity index (χ1v) is 14.7. The van der Waals surface area contributed by atoms with Gasteiger partial charge in [-0.3, -0.25) is 14.4 Å². The van der Waals surface area contributed by atoms with Crippen molar-refractivity contribution in [1.82, 2.24) is 14.6 Å². The summed E-state index contributed by atoms with van der Waals surface area (Å²) < 4.78 is 23.9. The lowest BCUT2D eigenvalue weighted by molar-refractivity contribution is -0.163. The number of esters is 2. The van der Waals surface area contributed by atoms with Gasteiger partial charge in [0.2, 0.25) is 5.60 Å². The van der Waals surface area contributed by atoms with Gasteiger partial charge in [-0.25, -0.2) is 9.50 Å². The first kappa shape index (κ1) is 33.3. The van der Waals surface area contributed by atoms with Gasteiger partial charge in [-0.05, 0) is 50.2 Å². The van der Waals surface area contributed by atoms with E-state index in [0.29, 0.717) is 5.52 Å². The molecule has 4 N–H and O–H groups in total. The van der Waals surface area contributed by atoms with Gasteiger partial charge in [-0.15, -0.1) is 0 Å². The van der Waals surface area contributed by atoms with E-state index in [1.165, 1.54) is 24.0 Å². The molecule has 0 aromatic carbocycles. The normalized spacial score (nSPS) is 25.0. The molecule has 2 aromatic rings. The van der Waals surface area contributed by atoms with Crippen molar-refractivity contribution in [2.75, 3.05) is 19.0 Å².